The van der Waals surface area contributed by atoms with Crippen molar-refractivity contribution in [3.8, 4) is 28.0 Å². The third-order valence-electron chi connectivity index (χ3n) is 6.98. The maximum Gasteiger partial charge on any atom is 0.269 e. The van der Waals surface area contributed by atoms with Gasteiger partial charge in [-0.1, -0.05) is 23.8 Å². The molecule has 232 valence electrons. The maximum absolute atomic E-state index is 15.2. The predicted molar refractivity (Wildman–Crippen MR) is 167 cm³/mol. The van der Waals surface area contributed by atoms with Crippen LogP contribution in [0.25, 0.3) is 33.3 Å². The van der Waals surface area contributed by atoms with Crippen LogP contribution in [-0.2, 0) is 14.8 Å². The van der Waals surface area contributed by atoms with Crippen LogP contribution in [-0.4, -0.2) is 55.9 Å². The Morgan fingerprint density at radius 2 is 1.71 bits per heavy atom. The van der Waals surface area contributed by atoms with Gasteiger partial charge in [-0.25, -0.2) is 30.5 Å². The van der Waals surface area contributed by atoms with Gasteiger partial charge in [-0.05, 0) is 63.5 Å². The van der Waals surface area contributed by atoms with Gasteiger partial charge in [0.1, 0.15) is 11.6 Å². The lowest BCUT2D eigenvalue weighted by molar-refractivity contribution is -0.111. The summed E-state index contributed by atoms with van der Waals surface area (Å²) in [4.78, 5) is 18.6. The second kappa shape index (κ2) is 12.6. The molecule has 0 aliphatic carbocycles. The van der Waals surface area contributed by atoms with Gasteiger partial charge in [-0.2, -0.15) is 0 Å². The first-order valence-corrected chi connectivity index (χ1v) is 15.1. The zero-order valence-electron chi connectivity index (χ0n) is 24.8. The summed E-state index contributed by atoms with van der Waals surface area (Å²) in [6.07, 6.45) is 5.54. The van der Waals surface area contributed by atoms with Crippen LogP contribution < -0.4 is 10.1 Å². The first kappa shape index (κ1) is 31.5. The molecule has 0 saturated heterocycles. The van der Waals surface area contributed by atoms with Crippen molar-refractivity contribution in [3.63, 3.8) is 0 Å². The number of likely N-dealkylation sites (N-methyl/N-ethyl adjacent to an activating group) is 1. The van der Waals surface area contributed by atoms with E-state index in [1.807, 2.05) is 25.9 Å². The molecular weight excluding hydrogens is 605 g/mol. The molecule has 12 heteroatoms. The molecule has 2 heterocycles. The molecule has 5 rings (SSSR count). The molecule has 0 unspecified atom stereocenters. The van der Waals surface area contributed by atoms with E-state index in [0.717, 1.165) is 15.6 Å². The fourth-order valence-electron chi connectivity index (χ4n) is 4.79. The summed E-state index contributed by atoms with van der Waals surface area (Å²) >= 11 is 0. The molecule has 0 fully saturated rings. The Hall–Kier alpha value is -4.94. The molecule has 0 spiro atoms. The van der Waals surface area contributed by atoms with E-state index in [1.165, 1.54) is 62.0 Å². The normalized spacial score (nSPS) is 11.9. The van der Waals surface area contributed by atoms with E-state index in [1.54, 1.807) is 18.2 Å². The van der Waals surface area contributed by atoms with E-state index in [9.17, 15) is 22.0 Å². The minimum Gasteiger partial charge on any atom is -0.493 e. The van der Waals surface area contributed by atoms with E-state index < -0.39 is 33.4 Å². The maximum atomic E-state index is 15.2. The van der Waals surface area contributed by atoms with Crippen molar-refractivity contribution >= 4 is 32.7 Å². The molecule has 45 heavy (non-hydrogen) atoms. The quantitative estimate of drug-likeness (QED) is 0.189. The number of ether oxygens (including phenoxy) is 1. The molecule has 0 saturated carbocycles. The van der Waals surface area contributed by atoms with Gasteiger partial charge in [-0.15, -0.1) is 0 Å². The van der Waals surface area contributed by atoms with Crippen LogP contribution in [0.4, 0.5) is 18.9 Å². The molecule has 2 aromatic heterocycles. The van der Waals surface area contributed by atoms with Gasteiger partial charge in [0.2, 0.25) is 5.91 Å². The van der Waals surface area contributed by atoms with E-state index in [2.05, 4.69) is 10.3 Å². The van der Waals surface area contributed by atoms with E-state index in [-0.39, 0.29) is 43.9 Å². The standard InChI is InChI=1S/C33H29F3N4O4S/c1-20-7-10-24(11-8-20)45(42,43)40-19-28(26-15-22(34)16-30(36)32(26)44-4)27-14-21(18-37-33(27)40)25-17-23(9-12-29(25)35)38-31(41)6-5-13-39(2)3/h5-12,14-19H,13H2,1-4H3,(H,38,41). The average Bonchev–Trinajstić information content (AvgIpc) is 3.37. The highest BCUT2D eigenvalue weighted by Gasteiger charge is 2.26. The highest BCUT2D eigenvalue weighted by molar-refractivity contribution is 7.90. The average molecular weight is 635 g/mol. The number of aryl methyl sites for hydroxylation is 1. The molecule has 0 bridgehead atoms. The van der Waals surface area contributed by atoms with Crippen molar-refractivity contribution in [2.24, 2.45) is 0 Å². The molecule has 0 atom stereocenters. The van der Waals surface area contributed by atoms with Crippen LogP contribution in [0.2, 0.25) is 0 Å². The Kier molecular flexibility index (Phi) is 8.80. The number of hydrogen-bond acceptors (Lipinski definition) is 6. The number of benzene rings is 3. The Morgan fingerprint density at radius 3 is 2.40 bits per heavy atom. The number of anilines is 1. The molecular formula is C33H29F3N4O4S. The van der Waals surface area contributed by atoms with E-state index in [0.29, 0.717) is 18.3 Å². The van der Waals surface area contributed by atoms with Gasteiger partial charge in [0, 0.05) is 64.4 Å². The van der Waals surface area contributed by atoms with Gasteiger partial charge in [-0.3, -0.25) is 4.79 Å². The number of aromatic nitrogens is 2. The van der Waals surface area contributed by atoms with Crippen LogP contribution in [0.3, 0.4) is 0 Å². The molecule has 1 amide bonds. The van der Waals surface area contributed by atoms with Crippen molar-refractivity contribution < 1.29 is 31.1 Å². The minimum atomic E-state index is -4.23. The summed E-state index contributed by atoms with van der Waals surface area (Å²) in [6, 6.07) is 13.3. The Labute approximate surface area is 258 Å². The third-order valence-corrected chi connectivity index (χ3v) is 8.64. The SMILES string of the molecule is COc1c(F)cc(F)cc1-c1cn(S(=O)(=O)c2ccc(C)cc2)c2ncc(-c3cc(NC(=O)C=CCN(C)C)ccc3F)cc12. The molecule has 3 aromatic carbocycles. The fraction of sp³-hybridized carbons (Fsp3) is 0.152. The Morgan fingerprint density at radius 1 is 0.978 bits per heavy atom. The van der Waals surface area contributed by atoms with Crippen molar-refractivity contribution in [1.29, 1.82) is 0 Å². The third kappa shape index (κ3) is 6.47. The van der Waals surface area contributed by atoms with Gasteiger partial charge in [0.05, 0.1) is 12.0 Å². The number of halogens is 3. The van der Waals surface area contributed by atoms with Crippen molar-refractivity contribution in [2.45, 2.75) is 11.8 Å². The predicted octanol–water partition coefficient (Wildman–Crippen LogP) is 6.40. The van der Waals surface area contributed by atoms with Gasteiger partial charge in [0.25, 0.3) is 10.0 Å². The molecule has 5 aromatic rings. The second-order valence-electron chi connectivity index (χ2n) is 10.6. The summed E-state index contributed by atoms with van der Waals surface area (Å²) in [6.45, 7) is 2.37. The number of methoxy groups -OCH3 is 1. The lowest BCUT2D eigenvalue weighted by atomic mass is 10.0. The smallest absolute Gasteiger partial charge is 0.269 e. The van der Waals surface area contributed by atoms with E-state index >= 15 is 4.39 Å². The lowest BCUT2D eigenvalue weighted by Crippen LogP contribution is -2.13. The number of hydrogen-bond donors (Lipinski definition) is 1. The van der Waals surface area contributed by atoms with Gasteiger partial charge < -0.3 is 15.0 Å². The Balaban J connectivity index is 1.69. The van der Waals surface area contributed by atoms with Crippen LogP contribution >= 0.6 is 0 Å². The van der Waals surface area contributed by atoms with E-state index in [4.69, 9.17) is 4.74 Å². The first-order valence-electron chi connectivity index (χ1n) is 13.7. The monoisotopic (exact) mass is 634 g/mol. The van der Waals surface area contributed by atoms with Crippen LogP contribution in [0.15, 0.2) is 90.1 Å². The van der Waals surface area contributed by atoms with Gasteiger partial charge in [0.15, 0.2) is 17.2 Å². The molecule has 0 aliphatic rings. The summed E-state index contributed by atoms with van der Waals surface area (Å²) in [7, 11) is 0.689. The van der Waals surface area contributed by atoms with Crippen LogP contribution in [0.1, 0.15) is 5.56 Å². The number of nitrogens with zero attached hydrogens (tertiary/aromatic N) is 3. The highest BCUT2D eigenvalue weighted by Crippen LogP contribution is 2.40. The number of amides is 1. The van der Waals surface area contributed by atoms with Crippen LogP contribution in [0, 0.1) is 24.4 Å². The van der Waals surface area contributed by atoms with Crippen molar-refractivity contribution in [3.05, 3.63) is 108 Å². The molecule has 1 N–H and O–H groups in total. The Bertz CT molecular complexity index is 2060. The second-order valence-corrected chi connectivity index (χ2v) is 12.4. The van der Waals surface area contributed by atoms with Crippen molar-refractivity contribution in [1.82, 2.24) is 13.9 Å². The number of pyridine rings is 1. The number of rotatable bonds is 9. The first-order chi connectivity index (χ1) is 21.4. The summed E-state index contributed by atoms with van der Waals surface area (Å²) < 4.78 is 78.3. The summed E-state index contributed by atoms with van der Waals surface area (Å²) in [5.74, 6) is -3.27. The largest absolute Gasteiger partial charge is 0.493 e. The topological polar surface area (TPSA) is 93.5 Å². The summed E-state index contributed by atoms with van der Waals surface area (Å²) in [5, 5.41) is 2.85. The van der Waals surface area contributed by atoms with Gasteiger partial charge >= 0.3 is 0 Å². The number of carbonyl (C=O) groups excluding carboxylic acids is 1. The zero-order chi connectivity index (χ0) is 32.5. The number of carbonyl (C=O) groups is 1. The molecule has 8 nitrogen and oxygen atoms in total. The zero-order valence-corrected chi connectivity index (χ0v) is 25.6. The summed E-state index contributed by atoms with van der Waals surface area (Å²) in [5.41, 5.74) is 1.39. The highest BCUT2D eigenvalue weighted by atomic mass is 32.2. The lowest BCUT2D eigenvalue weighted by Gasteiger charge is -2.10. The number of fused-ring (bicyclic) bond motifs is 1. The molecule has 0 radical (unpaired) electrons. The van der Waals surface area contributed by atoms with Crippen molar-refractivity contribution in [2.75, 3.05) is 33.1 Å². The fourth-order valence-corrected chi connectivity index (χ4v) is 6.12. The number of nitrogens with one attached hydrogen (secondary N) is 1. The minimum absolute atomic E-state index is 0.0334. The van der Waals surface area contributed by atoms with Crippen LogP contribution in [0.5, 0.6) is 5.75 Å². The molecule has 0 aliphatic heterocycles.